The van der Waals surface area contributed by atoms with Crippen molar-refractivity contribution in [1.29, 1.82) is 0 Å². The molecule has 0 unspecified atom stereocenters. The van der Waals surface area contributed by atoms with Crippen LogP contribution in [0.5, 0.6) is 5.75 Å². The van der Waals surface area contributed by atoms with Gasteiger partial charge < -0.3 is 15.8 Å². The molecule has 34 heavy (non-hydrogen) atoms. The maximum atomic E-state index is 14.3. The molecule has 0 bridgehead atoms. The first kappa shape index (κ1) is 23.1. The Morgan fingerprint density at radius 1 is 1.03 bits per heavy atom. The monoisotopic (exact) mass is 461 g/mol. The van der Waals surface area contributed by atoms with Crippen LogP contribution in [0, 0.1) is 5.82 Å². The number of imide groups is 1. The predicted octanol–water partition coefficient (Wildman–Crippen LogP) is 3.21. The topological polar surface area (TPSA) is 102 Å². The van der Waals surface area contributed by atoms with Crippen molar-refractivity contribution in [2.45, 2.75) is 31.5 Å². The first-order valence-corrected chi connectivity index (χ1v) is 10.8. The van der Waals surface area contributed by atoms with E-state index in [4.69, 9.17) is 10.5 Å². The number of hydrogen-bond donors (Lipinski definition) is 2. The van der Waals surface area contributed by atoms with Crippen molar-refractivity contribution in [3.63, 3.8) is 0 Å². The Bertz CT molecular complexity index is 1220. The zero-order valence-electron chi connectivity index (χ0n) is 18.5. The lowest BCUT2D eigenvalue weighted by atomic mass is 9.98. The van der Waals surface area contributed by atoms with Gasteiger partial charge >= 0.3 is 0 Å². The van der Waals surface area contributed by atoms with E-state index >= 15 is 0 Å². The highest BCUT2D eigenvalue weighted by molar-refractivity contribution is 6.06. The minimum atomic E-state index is -1.38. The average molecular weight is 461 g/mol. The Labute approximate surface area is 196 Å². The van der Waals surface area contributed by atoms with Crippen LogP contribution in [0.25, 0.3) is 0 Å². The molecule has 0 spiro atoms. The van der Waals surface area contributed by atoms with Gasteiger partial charge in [-0.15, -0.1) is 0 Å². The molecule has 1 aliphatic heterocycles. The van der Waals surface area contributed by atoms with Crippen molar-refractivity contribution < 1.29 is 23.5 Å². The standard InChI is InChI=1S/C26H24FN3O4/c1-16(28)26(33)30(22(31)15-18-11-5-6-12-19(18)27)23-24(17-9-3-2-4-10-17)34-21-14-8-7-13-20(21)29-25(23)32/h2-14,16,23-24H,15,28H2,1H3,(H,29,32)/t16-,23-,24+/m0/s1. The smallest absolute Gasteiger partial charge is 0.252 e. The normalized spacial score (nSPS) is 18.0. The van der Waals surface area contributed by atoms with Crippen LogP contribution in [-0.4, -0.2) is 34.7 Å². The third-order valence-electron chi connectivity index (χ3n) is 5.56. The quantitative estimate of drug-likeness (QED) is 0.608. The molecule has 3 atom stereocenters. The number of hydrogen-bond acceptors (Lipinski definition) is 5. The van der Waals surface area contributed by atoms with Crippen molar-refractivity contribution in [2.24, 2.45) is 5.73 Å². The third kappa shape index (κ3) is 4.67. The van der Waals surface area contributed by atoms with Crippen LogP contribution in [-0.2, 0) is 20.8 Å². The van der Waals surface area contributed by atoms with E-state index in [1.165, 1.54) is 25.1 Å². The van der Waals surface area contributed by atoms with Crippen molar-refractivity contribution in [3.8, 4) is 5.75 Å². The highest BCUT2D eigenvalue weighted by atomic mass is 19.1. The van der Waals surface area contributed by atoms with Crippen LogP contribution in [0.3, 0.4) is 0 Å². The lowest BCUT2D eigenvalue weighted by molar-refractivity contribution is -0.154. The number of ether oxygens (including phenoxy) is 1. The molecule has 8 heteroatoms. The van der Waals surface area contributed by atoms with Gasteiger partial charge in [0.2, 0.25) is 11.8 Å². The second kappa shape index (κ2) is 9.84. The molecule has 0 fully saturated rings. The Morgan fingerprint density at radius 3 is 2.38 bits per heavy atom. The summed E-state index contributed by atoms with van der Waals surface area (Å²) in [5.41, 5.74) is 6.96. The summed E-state index contributed by atoms with van der Waals surface area (Å²) in [6.45, 7) is 1.42. The van der Waals surface area contributed by atoms with Gasteiger partial charge in [-0.25, -0.2) is 4.39 Å². The fourth-order valence-corrected chi connectivity index (χ4v) is 3.89. The van der Waals surface area contributed by atoms with Crippen molar-refractivity contribution in [2.75, 3.05) is 5.32 Å². The van der Waals surface area contributed by atoms with Crippen molar-refractivity contribution in [3.05, 3.63) is 95.8 Å². The molecule has 7 nitrogen and oxygen atoms in total. The number of carbonyl (C=O) groups excluding carboxylic acids is 3. The maximum absolute atomic E-state index is 14.3. The van der Waals surface area contributed by atoms with Crippen LogP contribution in [0.2, 0.25) is 0 Å². The van der Waals surface area contributed by atoms with E-state index in [1.807, 2.05) is 0 Å². The number of fused-ring (bicyclic) bond motifs is 1. The van der Waals surface area contributed by atoms with Gasteiger partial charge in [0.05, 0.1) is 18.2 Å². The summed E-state index contributed by atoms with van der Waals surface area (Å²) in [7, 11) is 0. The molecule has 0 radical (unpaired) electrons. The van der Waals surface area contributed by atoms with Crippen LogP contribution >= 0.6 is 0 Å². The molecule has 3 amide bonds. The molecule has 0 saturated heterocycles. The zero-order valence-corrected chi connectivity index (χ0v) is 18.5. The number of carbonyl (C=O) groups is 3. The number of amides is 3. The van der Waals surface area contributed by atoms with Crippen LogP contribution in [0.15, 0.2) is 78.9 Å². The molecule has 3 aromatic rings. The van der Waals surface area contributed by atoms with Crippen molar-refractivity contribution in [1.82, 2.24) is 4.90 Å². The molecular weight excluding hydrogens is 437 g/mol. The number of nitrogens with two attached hydrogens (primary N) is 1. The zero-order chi connectivity index (χ0) is 24.2. The third-order valence-corrected chi connectivity index (χ3v) is 5.56. The highest BCUT2D eigenvalue weighted by Gasteiger charge is 2.45. The molecule has 0 saturated carbocycles. The van der Waals surface area contributed by atoms with Crippen LogP contribution in [0.4, 0.5) is 10.1 Å². The molecular formula is C26H24FN3O4. The molecule has 0 aliphatic carbocycles. The number of anilines is 1. The summed E-state index contributed by atoms with van der Waals surface area (Å²) >= 11 is 0. The molecule has 174 valence electrons. The molecule has 1 aliphatic rings. The fraction of sp³-hybridized carbons (Fsp3) is 0.192. The molecule has 4 rings (SSSR count). The minimum Gasteiger partial charge on any atom is -0.481 e. The van der Waals surface area contributed by atoms with E-state index in [1.54, 1.807) is 60.7 Å². The second-order valence-electron chi connectivity index (χ2n) is 8.04. The van der Waals surface area contributed by atoms with Gasteiger partial charge in [-0.05, 0) is 36.2 Å². The maximum Gasteiger partial charge on any atom is 0.252 e. The summed E-state index contributed by atoms with van der Waals surface area (Å²) in [4.78, 5) is 41.0. The lowest BCUT2D eigenvalue weighted by Gasteiger charge is -2.34. The Kier molecular flexibility index (Phi) is 6.70. The average Bonchev–Trinajstić information content (AvgIpc) is 2.97. The van der Waals surface area contributed by atoms with Gasteiger partial charge in [0.15, 0.2) is 12.1 Å². The van der Waals surface area contributed by atoms with Crippen LogP contribution < -0.4 is 15.8 Å². The van der Waals surface area contributed by atoms with Gasteiger partial charge in [-0.3, -0.25) is 19.3 Å². The molecule has 3 N–H and O–H groups in total. The highest BCUT2D eigenvalue weighted by Crippen LogP contribution is 2.36. The summed E-state index contributed by atoms with van der Waals surface area (Å²) < 4.78 is 20.5. The number of nitrogens with zero attached hydrogens (tertiary/aromatic N) is 1. The first-order valence-electron chi connectivity index (χ1n) is 10.8. The summed E-state index contributed by atoms with van der Waals surface area (Å²) in [5, 5.41) is 2.75. The summed E-state index contributed by atoms with van der Waals surface area (Å²) in [6, 6.07) is 19.0. The predicted molar refractivity (Wildman–Crippen MR) is 124 cm³/mol. The van der Waals surface area contributed by atoms with Gasteiger partial charge in [-0.2, -0.15) is 0 Å². The molecule has 1 heterocycles. The Morgan fingerprint density at radius 2 is 1.68 bits per heavy atom. The van der Waals surface area contributed by atoms with E-state index in [0.29, 0.717) is 17.0 Å². The number of halogens is 1. The van der Waals surface area contributed by atoms with Gasteiger partial charge in [-0.1, -0.05) is 60.7 Å². The number of para-hydroxylation sites is 2. The van der Waals surface area contributed by atoms with Gasteiger partial charge in [0.1, 0.15) is 11.6 Å². The number of rotatable bonds is 5. The Balaban J connectivity index is 1.81. The number of benzene rings is 3. The van der Waals surface area contributed by atoms with Crippen molar-refractivity contribution >= 4 is 23.4 Å². The van der Waals surface area contributed by atoms with E-state index in [9.17, 15) is 18.8 Å². The van der Waals surface area contributed by atoms with E-state index in [2.05, 4.69) is 5.32 Å². The SMILES string of the molecule is C[C@H](N)C(=O)N(C(=O)Cc1ccccc1F)[C@@H]1C(=O)Nc2ccccc2O[C@@H]1c1ccccc1. The first-order chi connectivity index (χ1) is 16.4. The molecule has 3 aromatic carbocycles. The van der Waals surface area contributed by atoms with Gasteiger partial charge in [0, 0.05) is 0 Å². The summed E-state index contributed by atoms with van der Waals surface area (Å²) in [5.74, 6) is -2.34. The second-order valence-corrected chi connectivity index (χ2v) is 8.04. The van der Waals surface area contributed by atoms with Crippen LogP contribution in [0.1, 0.15) is 24.2 Å². The largest absolute Gasteiger partial charge is 0.481 e. The van der Waals surface area contributed by atoms with E-state index < -0.39 is 48.1 Å². The van der Waals surface area contributed by atoms with Gasteiger partial charge in [0.25, 0.3) is 5.91 Å². The fourth-order valence-electron chi connectivity index (χ4n) is 3.89. The molecule has 0 aromatic heterocycles. The number of nitrogens with one attached hydrogen (secondary N) is 1. The van der Waals surface area contributed by atoms with E-state index in [0.717, 1.165) is 4.90 Å². The Hall–Kier alpha value is -4.04. The minimum absolute atomic E-state index is 0.101. The summed E-state index contributed by atoms with van der Waals surface area (Å²) in [6.07, 6.45) is -1.44. The van der Waals surface area contributed by atoms with E-state index in [-0.39, 0.29) is 5.56 Å². The lowest BCUT2D eigenvalue weighted by Crippen LogP contribution is -2.57.